The minimum atomic E-state index is 0.145. The Morgan fingerprint density at radius 1 is 1.16 bits per heavy atom. The molecule has 1 aliphatic carbocycles. The standard InChI is InChI=1S/C18H26O/c1-11(2)16-14-10-13(12(3)19)8-9-15(14)17(4,5)18(16,6)7/h8-11,16H,1-7H3. The predicted molar refractivity (Wildman–Crippen MR) is 80.8 cm³/mol. The largest absolute Gasteiger partial charge is 0.295 e. The number of benzene rings is 1. The number of hydrogen-bond acceptors (Lipinski definition) is 1. The van der Waals surface area contributed by atoms with Crippen LogP contribution in [0.1, 0.15) is 75.9 Å². The molecule has 0 radical (unpaired) electrons. The molecule has 0 saturated carbocycles. The quantitative estimate of drug-likeness (QED) is 0.686. The van der Waals surface area contributed by atoms with E-state index in [4.69, 9.17) is 0 Å². The van der Waals surface area contributed by atoms with Crippen LogP contribution < -0.4 is 0 Å². The van der Waals surface area contributed by atoms with Crippen LogP contribution in [0.4, 0.5) is 0 Å². The molecule has 1 aliphatic rings. The Balaban J connectivity index is 2.70. The van der Waals surface area contributed by atoms with Crippen LogP contribution in [-0.2, 0) is 5.41 Å². The number of hydrogen-bond donors (Lipinski definition) is 0. The third-order valence-corrected chi connectivity index (χ3v) is 5.52. The second-order valence-electron chi connectivity index (χ2n) is 7.43. The van der Waals surface area contributed by atoms with Gasteiger partial charge in [-0.15, -0.1) is 0 Å². The van der Waals surface area contributed by atoms with E-state index in [9.17, 15) is 4.79 Å². The molecule has 0 amide bonds. The molecule has 1 nitrogen and oxygen atoms in total. The summed E-state index contributed by atoms with van der Waals surface area (Å²) in [5.41, 5.74) is 4.00. The molecule has 19 heavy (non-hydrogen) atoms. The van der Waals surface area contributed by atoms with Crippen LogP contribution in [0.5, 0.6) is 0 Å². The Kier molecular flexibility index (Phi) is 3.16. The van der Waals surface area contributed by atoms with Crippen molar-refractivity contribution in [3.63, 3.8) is 0 Å². The van der Waals surface area contributed by atoms with Crippen molar-refractivity contribution < 1.29 is 4.79 Å². The lowest BCUT2D eigenvalue weighted by atomic mass is 9.62. The van der Waals surface area contributed by atoms with Crippen molar-refractivity contribution in [1.82, 2.24) is 0 Å². The van der Waals surface area contributed by atoms with Crippen molar-refractivity contribution in [1.29, 1.82) is 0 Å². The topological polar surface area (TPSA) is 17.1 Å². The van der Waals surface area contributed by atoms with E-state index in [1.54, 1.807) is 6.92 Å². The van der Waals surface area contributed by atoms with Crippen LogP contribution in [0, 0.1) is 11.3 Å². The van der Waals surface area contributed by atoms with Crippen LogP contribution in [0.2, 0.25) is 0 Å². The minimum Gasteiger partial charge on any atom is -0.295 e. The maximum Gasteiger partial charge on any atom is 0.159 e. The zero-order valence-electron chi connectivity index (χ0n) is 13.3. The second-order valence-corrected chi connectivity index (χ2v) is 7.43. The summed E-state index contributed by atoms with van der Waals surface area (Å²) >= 11 is 0. The highest BCUT2D eigenvalue weighted by atomic mass is 16.1. The minimum absolute atomic E-state index is 0.145. The van der Waals surface area contributed by atoms with E-state index in [-0.39, 0.29) is 16.6 Å². The van der Waals surface area contributed by atoms with Crippen molar-refractivity contribution >= 4 is 5.78 Å². The number of fused-ring (bicyclic) bond motifs is 1. The monoisotopic (exact) mass is 258 g/mol. The lowest BCUT2D eigenvalue weighted by Crippen LogP contribution is -2.36. The average Bonchev–Trinajstić information content (AvgIpc) is 2.42. The van der Waals surface area contributed by atoms with Crippen molar-refractivity contribution in [2.45, 2.75) is 59.8 Å². The first-order valence-corrected chi connectivity index (χ1v) is 7.26. The molecular formula is C18H26O. The number of ketones is 1. The maximum atomic E-state index is 11.6. The summed E-state index contributed by atoms with van der Waals surface area (Å²) in [6.45, 7) is 15.6. The molecule has 1 unspecified atom stereocenters. The van der Waals surface area contributed by atoms with Gasteiger partial charge in [0.15, 0.2) is 5.78 Å². The fourth-order valence-corrected chi connectivity index (χ4v) is 3.93. The molecule has 104 valence electrons. The molecular weight excluding hydrogens is 232 g/mol. The van der Waals surface area contributed by atoms with Crippen LogP contribution in [0.25, 0.3) is 0 Å². The van der Waals surface area contributed by atoms with Gasteiger partial charge in [-0.25, -0.2) is 0 Å². The molecule has 1 aromatic rings. The lowest BCUT2D eigenvalue weighted by molar-refractivity contribution is 0.101. The molecule has 1 atom stereocenters. The molecule has 0 aliphatic heterocycles. The molecule has 0 fully saturated rings. The van der Waals surface area contributed by atoms with E-state index >= 15 is 0 Å². The molecule has 0 aromatic heterocycles. The summed E-state index contributed by atoms with van der Waals surface area (Å²) in [5, 5.41) is 0. The summed E-state index contributed by atoms with van der Waals surface area (Å²) in [6, 6.07) is 6.30. The van der Waals surface area contributed by atoms with E-state index < -0.39 is 0 Å². The van der Waals surface area contributed by atoms with Gasteiger partial charge in [-0.2, -0.15) is 0 Å². The van der Waals surface area contributed by atoms with E-state index in [0.717, 1.165) is 5.56 Å². The Morgan fingerprint density at radius 3 is 2.21 bits per heavy atom. The van der Waals surface area contributed by atoms with Crippen LogP contribution in [-0.4, -0.2) is 5.78 Å². The highest BCUT2D eigenvalue weighted by Crippen LogP contribution is 2.60. The molecule has 1 heteroatoms. The second kappa shape index (κ2) is 4.19. The van der Waals surface area contributed by atoms with Gasteiger partial charge in [0.1, 0.15) is 0 Å². The van der Waals surface area contributed by atoms with Gasteiger partial charge >= 0.3 is 0 Å². The summed E-state index contributed by atoms with van der Waals surface area (Å²) < 4.78 is 0. The third-order valence-electron chi connectivity index (χ3n) is 5.52. The van der Waals surface area contributed by atoms with E-state index in [1.165, 1.54) is 11.1 Å². The Hall–Kier alpha value is -1.11. The SMILES string of the molecule is CC(=O)c1ccc2c(c1)C(C(C)C)C(C)(C)C2(C)C. The molecule has 0 N–H and O–H groups in total. The van der Waals surface area contributed by atoms with Crippen LogP contribution in [0.3, 0.4) is 0 Å². The molecule has 2 rings (SSSR count). The van der Waals surface area contributed by atoms with Crippen molar-refractivity contribution in [2.75, 3.05) is 0 Å². The van der Waals surface area contributed by atoms with E-state index in [1.807, 2.05) is 6.07 Å². The van der Waals surface area contributed by atoms with Gasteiger partial charge in [-0.3, -0.25) is 4.79 Å². The van der Waals surface area contributed by atoms with Crippen molar-refractivity contribution in [2.24, 2.45) is 11.3 Å². The van der Waals surface area contributed by atoms with Gasteiger partial charge in [0.2, 0.25) is 0 Å². The fraction of sp³-hybridized carbons (Fsp3) is 0.611. The first-order chi connectivity index (χ1) is 8.60. The summed E-state index contributed by atoms with van der Waals surface area (Å²) in [4.78, 5) is 11.6. The van der Waals surface area contributed by atoms with Gasteiger partial charge in [-0.1, -0.05) is 53.7 Å². The Bertz CT molecular complexity index is 520. The fourth-order valence-electron chi connectivity index (χ4n) is 3.93. The van der Waals surface area contributed by atoms with Gasteiger partial charge in [0, 0.05) is 5.56 Å². The smallest absolute Gasteiger partial charge is 0.159 e. The molecule has 0 heterocycles. The third kappa shape index (κ3) is 1.86. The van der Waals surface area contributed by atoms with Gasteiger partial charge in [-0.05, 0) is 46.8 Å². The highest BCUT2D eigenvalue weighted by Gasteiger charge is 2.52. The van der Waals surface area contributed by atoms with Gasteiger partial charge < -0.3 is 0 Å². The average molecular weight is 258 g/mol. The predicted octanol–water partition coefficient (Wildman–Crippen LogP) is 4.95. The first-order valence-electron chi connectivity index (χ1n) is 7.26. The molecule has 0 spiro atoms. The summed E-state index contributed by atoms with van der Waals surface area (Å²) in [6.07, 6.45) is 0. The van der Waals surface area contributed by atoms with Gasteiger partial charge in [0.05, 0.1) is 0 Å². The van der Waals surface area contributed by atoms with E-state index in [2.05, 4.69) is 53.7 Å². The maximum absolute atomic E-state index is 11.6. The summed E-state index contributed by atoms with van der Waals surface area (Å²) in [7, 11) is 0. The normalized spacial score (nSPS) is 23.5. The summed E-state index contributed by atoms with van der Waals surface area (Å²) in [5.74, 6) is 1.25. The van der Waals surface area contributed by atoms with Crippen LogP contribution in [0.15, 0.2) is 18.2 Å². The van der Waals surface area contributed by atoms with Crippen molar-refractivity contribution in [3.8, 4) is 0 Å². The van der Waals surface area contributed by atoms with Crippen LogP contribution >= 0.6 is 0 Å². The zero-order valence-corrected chi connectivity index (χ0v) is 13.3. The Morgan fingerprint density at radius 2 is 1.74 bits per heavy atom. The number of Topliss-reactive ketones (excluding diaryl/α,β-unsaturated/α-hetero) is 1. The van der Waals surface area contributed by atoms with E-state index in [0.29, 0.717) is 11.8 Å². The highest BCUT2D eigenvalue weighted by molar-refractivity contribution is 5.94. The molecule has 0 bridgehead atoms. The van der Waals surface area contributed by atoms with Crippen molar-refractivity contribution in [3.05, 3.63) is 34.9 Å². The molecule has 1 aromatic carbocycles. The zero-order chi connectivity index (χ0) is 14.6. The molecule has 0 saturated heterocycles. The number of carbonyl (C=O) groups excluding carboxylic acids is 1. The lowest BCUT2D eigenvalue weighted by Gasteiger charge is -2.41. The number of carbonyl (C=O) groups is 1. The number of rotatable bonds is 2. The Labute approximate surface area is 117 Å². The van der Waals surface area contributed by atoms with Gasteiger partial charge in [0.25, 0.3) is 0 Å². The first kappa shape index (κ1) is 14.3.